The molecule has 0 amide bonds. The largest absolute Gasteiger partial charge is 0.480 e. The smallest absolute Gasteiger partial charge is 0.326 e. The van der Waals surface area contributed by atoms with Gasteiger partial charge in [0.25, 0.3) is 30.4 Å². The number of aliphatic carboxylic acids is 1. The zero-order valence-corrected chi connectivity index (χ0v) is 21.5. The molecule has 0 aliphatic rings. The lowest BCUT2D eigenvalue weighted by Crippen LogP contribution is -2.29. The molecule has 4 rings (SSSR count). The Labute approximate surface area is 211 Å². The van der Waals surface area contributed by atoms with Gasteiger partial charge in [-0.15, -0.1) is 0 Å². The van der Waals surface area contributed by atoms with Crippen LogP contribution in [0.2, 0.25) is 0 Å². The van der Waals surface area contributed by atoms with E-state index in [1.807, 2.05) is 6.92 Å². The van der Waals surface area contributed by atoms with Gasteiger partial charge in [0, 0.05) is 38.0 Å². The molecule has 0 fully saturated rings. The van der Waals surface area contributed by atoms with Crippen LogP contribution in [0.15, 0.2) is 51.1 Å². The minimum atomic E-state index is -5.04. The molecule has 0 radical (unpaired) electrons. The second-order valence-corrected chi connectivity index (χ2v) is 12.6. The fourth-order valence-corrected chi connectivity index (χ4v) is 6.73. The van der Waals surface area contributed by atoms with Gasteiger partial charge in [0.2, 0.25) is 0 Å². The Bertz CT molecular complexity index is 1850. The lowest BCUT2D eigenvalue weighted by atomic mass is 9.93. The van der Waals surface area contributed by atoms with Crippen LogP contribution in [0.3, 0.4) is 0 Å². The van der Waals surface area contributed by atoms with Crippen molar-refractivity contribution >= 4 is 74.3 Å². The van der Waals surface area contributed by atoms with Gasteiger partial charge < -0.3 is 10.4 Å². The van der Waals surface area contributed by atoms with E-state index < -0.39 is 57.1 Å². The number of rotatable bonds is 9. The van der Waals surface area contributed by atoms with E-state index in [0.717, 1.165) is 12.1 Å². The van der Waals surface area contributed by atoms with E-state index >= 15 is 0 Å². The van der Waals surface area contributed by atoms with Crippen LogP contribution < -0.4 is 5.32 Å². The van der Waals surface area contributed by atoms with Crippen LogP contribution in [0.5, 0.6) is 0 Å². The van der Waals surface area contributed by atoms with Crippen molar-refractivity contribution in [3.8, 4) is 0 Å². The number of unbranched alkanes of at least 4 members (excludes halogenated alkanes) is 1. The van der Waals surface area contributed by atoms with Gasteiger partial charge in [-0.25, -0.2) is 4.79 Å². The highest BCUT2D eigenvalue weighted by Crippen LogP contribution is 2.44. The molecule has 198 valence electrons. The van der Waals surface area contributed by atoms with Gasteiger partial charge in [-0.3, -0.25) is 13.7 Å². The Morgan fingerprint density at radius 2 is 1.16 bits per heavy atom. The maximum Gasteiger partial charge on any atom is 0.326 e. The molecule has 4 aromatic carbocycles. The quantitative estimate of drug-likeness (QED) is 0.144. The molecule has 1 atom stereocenters. The number of hydrogen-bond donors (Lipinski definition) is 5. The van der Waals surface area contributed by atoms with Crippen molar-refractivity contribution in [1.29, 1.82) is 0 Å². The van der Waals surface area contributed by atoms with Gasteiger partial charge >= 0.3 is 5.97 Å². The highest BCUT2D eigenvalue weighted by molar-refractivity contribution is 7.87. The van der Waals surface area contributed by atoms with E-state index in [1.54, 1.807) is 0 Å². The first-order valence-corrected chi connectivity index (χ1v) is 15.1. The summed E-state index contributed by atoms with van der Waals surface area (Å²) >= 11 is 0. The fraction of sp³-hybridized carbons (Fsp3) is 0.227. The van der Waals surface area contributed by atoms with Crippen LogP contribution in [-0.2, 0) is 35.1 Å². The van der Waals surface area contributed by atoms with Crippen molar-refractivity contribution in [2.45, 2.75) is 46.9 Å². The monoisotopic (exact) mass is 571 g/mol. The zero-order valence-electron chi connectivity index (χ0n) is 19.0. The molecule has 0 aliphatic carbocycles. The molecule has 0 aromatic heterocycles. The van der Waals surface area contributed by atoms with E-state index in [-0.39, 0.29) is 44.4 Å². The first-order valence-electron chi connectivity index (χ1n) is 10.8. The molecule has 0 saturated carbocycles. The van der Waals surface area contributed by atoms with E-state index in [1.165, 1.54) is 18.2 Å². The number of carboxylic acid groups (broad SMARTS) is 1. The summed E-state index contributed by atoms with van der Waals surface area (Å²) in [6, 6.07) is 5.35. The summed E-state index contributed by atoms with van der Waals surface area (Å²) in [5.74, 6) is -1.23. The molecular weight excluding hydrogens is 550 g/mol. The topological polar surface area (TPSA) is 212 Å². The first-order chi connectivity index (χ1) is 17.1. The van der Waals surface area contributed by atoms with Gasteiger partial charge in [0.1, 0.15) is 20.7 Å². The first kappa shape index (κ1) is 27.0. The van der Waals surface area contributed by atoms with Crippen LogP contribution in [-0.4, -0.2) is 56.0 Å². The number of benzene rings is 4. The molecule has 5 N–H and O–H groups in total. The van der Waals surface area contributed by atoms with E-state index in [0.29, 0.717) is 18.9 Å². The molecule has 1 unspecified atom stereocenters. The Hall–Kier alpha value is -3.08. The lowest BCUT2D eigenvalue weighted by Gasteiger charge is -2.21. The molecule has 15 heteroatoms. The predicted octanol–water partition coefficient (Wildman–Crippen LogP) is 3.38. The maximum atomic E-state index is 12.3. The second kappa shape index (κ2) is 9.04. The average Bonchev–Trinajstić information content (AvgIpc) is 2.77. The number of hydrogen-bond acceptors (Lipinski definition) is 8. The highest BCUT2D eigenvalue weighted by atomic mass is 32.2. The Balaban J connectivity index is 2.25. The maximum absolute atomic E-state index is 12.3. The van der Waals surface area contributed by atoms with Crippen molar-refractivity contribution in [2.75, 3.05) is 5.32 Å². The highest BCUT2D eigenvalue weighted by Gasteiger charge is 2.28. The summed E-state index contributed by atoms with van der Waals surface area (Å²) in [6.45, 7) is 1.85. The number of carbonyl (C=O) groups is 1. The predicted molar refractivity (Wildman–Crippen MR) is 134 cm³/mol. The van der Waals surface area contributed by atoms with E-state index in [4.69, 9.17) is 0 Å². The molecular formula is C22H21NO11S3. The van der Waals surface area contributed by atoms with E-state index in [9.17, 15) is 48.8 Å². The van der Waals surface area contributed by atoms with Crippen LogP contribution in [0, 0.1) is 0 Å². The zero-order chi connectivity index (χ0) is 27.5. The van der Waals surface area contributed by atoms with Crippen LogP contribution in [0.1, 0.15) is 26.2 Å². The van der Waals surface area contributed by atoms with Crippen molar-refractivity contribution in [2.24, 2.45) is 0 Å². The average molecular weight is 572 g/mol. The number of nitrogens with one attached hydrogen (secondary N) is 1. The molecule has 4 aromatic rings. The Morgan fingerprint density at radius 3 is 1.57 bits per heavy atom. The van der Waals surface area contributed by atoms with Crippen molar-refractivity contribution in [3.63, 3.8) is 0 Å². The van der Waals surface area contributed by atoms with Crippen molar-refractivity contribution < 1.29 is 48.8 Å². The molecule has 0 saturated heterocycles. The normalized spacial score (nSPS) is 13.9. The van der Waals surface area contributed by atoms with Gasteiger partial charge in [0.05, 0.1) is 0 Å². The molecule has 0 heterocycles. The summed E-state index contributed by atoms with van der Waals surface area (Å²) in [5, 5.41) is 11.9. The van der Waals surface area contributed by atoms with Gasteiger partial charge in [-0.05, 0) is 18.6 Å². The third-order valence-electron chi connectivity index (χ3n) is 6.09. The summed E-state index contributed by atoms with van der Waals surface area (Å²) in [4.78, 5) is 9.48. The lowest BCUT2D eigenvalue weighted by molar-refractivity contribution is -0.138. The Kier molecular flexibility index (Phi) is 6.59. The van der Waals surface area contributed by atoms with E-state index in [2.05, 4.69) is 5.32 Å². The van der Waals surface area contributed by atoms with Crippen LogP contribution in [0.25, 0.3) is 32.3 Å². The van der Waals surface area contributed by atoms with Crippen molar-refractivity contribution in [3.05, 3.63) is 36.4 Å². The third kappa shape index (κ3) is 4.81. The van der Waals surface area contributed by atoms with Crippen molar-refractivity contribution in [1.82, 2.24) is 0 Å². The SMILES string of the molecule is CCCCC(Nc1cc(S(=O)(=O)O)c2ccc3c(S(=O)(=O)O)cc(S(=O)(=O)O)c4ccc1c2c43)C(=O)O. The summed E-state index contributed by atoms with van der Waals surface area (Å²) in [6.07, 6.45) is 1.38. The van der Waals surface area contributed by atoms with Crippen LogP contribution >= 0.6 is 0 Å². The third-order valence-corrected chi connectivity index (χ3v) is 8.77. The van der Waals surface area contributed by atoms with Gasteiger partial charge in [-0.2, -0.15) is 25.3 Å². The molecule has 0 bridgehead atoms. The second-order valence-electron chi connectivity index (χ2n) is 8.47. The molecule has 0 aliphatic heterocycles. The Morgan fingerprint density at radius 1 is 0.757 bits per heavy atom. The fourth-order valence-electron chi connectivity index (χ4n) is 4.51. The van der Waals surface area contributed by atoms with Gasteiger partial charge in [0.15, 0.2) is 0 Å². The number of carboxylic acids is 1. The minimum absolute atomic E-state index is 0.0382. The standard InChI is InChI=1S/C22H21NO11S3/c1-2-3-4-15(22(24)25)23-16-9-17(35(26,27)28)12-7-8-14-19(37(32,33)34)10-18(36(29,30)31)13-6-5-11(16)20(12)21(13)14/h5-10,15,23H,2-4H2,1H3,(H,24,25)(H,26,27,28)(H,29,30,31)(H,32,33,34). The molecule has 0 spiro atoms. The van der Waals surface area contributed by atoms with Gasteiger partial charge in [-0.1, -0.05) is 44.0 Å². The van der Waals surface area contributed by atoms with Crippen LogP contribution in [0.4, 0.5) is 5.69 Å². The molecule has 37 heavy (non-hydrogen) atoms. The molecule has 12 nitrogen and oxygen atoms in total. The summed E-state index contributed by atoms with van der Waals surface area (Å²) in [5.41, 5.74) is -0.0382. The number of anilines is 1. The minimum Gasteiger partial charge on any atom is -0.480 e. The summed E-state index contributed by atoms with van der Waals surface area (Å²) < 4.78 is 103. The summed E-state index contributed by atoms with van der Waals surface area (Å²) in [7, 11) is -15.0.